The number of rotatable bonds is 4. The zero-order chi connectivity index (χ0) is 10.4. The van der Waals surface area contributed by atoms with Crippen molar-refractivity contribution in [3.05, 3.63) is 0 Å². The van der Waals surface area contributed by atoms with E-state index in [2.05, 4.69) is 0 Å². The molecule has 1 atom stereocenters. The molecule has 0 spiro atoms. The molecular formula is C6H12N2O5. The molecule has 0 aliphatic rings. The van der Waals surface area contributed by atoms with Crippen molar-refractivity contribution in [2.75, 3.05) is 19.8 Å². The number of amides is 3. The Morgan fingerprint density at radius 2 is 1.92 bits per heavy atom. The van der Waals surface area contributed by atoms with Crippen LogP contribution in [0.4, 0.5) is 4.79 Å². The highest BCUT2D eigenvalue weighted by Crippen LogP contribution is 1.93. The van der Waals surface area contributed by atoms with Crippen LogP contribution in [0.3, 0.4) is 0 Å². The number of carbonyl (C=O) groups is 2. The van der Waals surface area contributed by atoms with Gasteiger partial charge in [-0.1, -0.05) is 0 Å². The van der Waals surface area contributed by atoms with Crippen LogP contribution >= 0.6 is 0 Å². The van der Waals surface area contributed by atoms with Gasteiger partial charge in [-0.25, -0.2) is 4.79 Å². The Balaban J connectivity index is 4.26. The minimum atomic E-state index is -1.25. The molecule has 13 heavy (non-hydrogen) atoms. The molecule has 0 fully saturated rings. The number of carbonyl (C=O) groups excluding carboxylic acids is 2. The van der Waals surface area contributed by atoms with E-state index >= 15 is 0 Å². The lowest BCUT2D eigenvalue weighted by Crippen LogP contribution is -2.46. The largest absolute Gasteiger partial charge is 0.394 e. The molecule has 0 bridgehead atoms. The van der Waals surface area contributed by atoms with Gasteiger partial charge in [-0.2, -0.15) is 0 Å². The van der Waals surface area contributed by atoms with Gasteiger partial charge in [0.2, 0.25) is 0 Å². The third kappa shape index (κ3) is 3.83. The molecule has 1 unspecified atom stereocenters. The Labute approximate surface area is 74.4 Å². The average Bonchev–Trinajstić information content (AvgIpc) is 2.11. The quantitative estimate of drug-likeness (QED) is 0.384. The van der Waals surface area contributed by atoms with Crippen LogP contribution in [0, 0.1) is 0 Å². The molecule has 7 nitrogen and oxygen atoms in total. The predicted octanol–water partition coefficient (Wildman–Crippen LogP) is -2.76. The Morgan fingerprint density at radius 1 is 1.38 bits per heavy atom. The zero-order valence-corrected chi connectivity index (χ0v) is 6.88. The van der Waals surface area contributed by atoms with Crippen LogP contribution in [0.15, 0.2) is 0 Å². The van der Waals surface area contributed by atoms with E-state index < -0.39 is 37.8 Å². The summed E-state index contributed by atoms with van der Waals surface area (Å²) in [5, 5.41) is 25.7. The number of urea groups is 1. The molecule has 0 saturated carbocycles. The fourth-order valence-electron chi connectivity index (χ4n) is 0.669. The lowest BCUT2D eigenvalue weighted by Gasteiger charge is -2.19. The zero-order valence-electron chi connectivity index (χ0n) is 6.88. The van der Waals surface area contributed by atoms with Gasteiger partial charge in [0.1, 0.15) is 6.61 Å². The molecule has 0 aromatic rings. The van der Waals surface area contributed by atoms with Crippen molar-refractivity contribution < 1.29 is 24.9 Å². The van der Waals surface area contributed by atoms with Gasteiger partial charge in [0.25, 0.3) is 5.91 Å². The summed E-state index contributed by atoms with van der Waals surface area (Å²) < 4.78 is 0. The van der Waals surface area contributed by atoms with Crippen LogP contribution < -0.4 is 5.73 Å². The van der Waals surface area contributed by atoms with E-state index in [1.54, 1.807) is 0 Å². The maximum atomic E-state index is 10.8. The van der Waals surface area contributed by atoms with Crippen molar-refractivity contribution in [2.45, 2.75) is 6.10 Å². The van der Waals surface area contributed by atoms with E-state index in [-0.39, 0.29) is 0 Å². The molecule has 7 heteroatoms. The van der Waals surface area contributed by atoms with Crippen LogP contribution in [-0.2, 0) is 4.79 Å². The minimum absolute atomic E-state index is 0.425. The molecule has 0 aromatic heterocycles. The van der Waals surface area contributed by atoms with E-state index in [4.69, 9.17) is 21.1 Å². The summed E-state index contributed by atoms with van der Waals surface area (Å²) in [6, 6.07) is -1.08. The van der Waals surface area contributed by atoms with Gasteiger partial charge in [-0.3, -0.25) is 9.69 Å². The smallest absolute Gasteiger partial charge is 0.321 e. The Morgan fingerprint density at radius 3 is 2.23 bits per heavy atom. The first-order valence-corrected chi connectivity index (χ1v) is 3.52. The monoisotopic (exact) mass is 192 g/mol. The molecule has 76 valence electrons. The molecule has 5 N–H and O–H groups in total. The Kier molecular flexibility index (Phi) is 4.97. The molecule has 0 radical (unpaired) electrons. The van der Waals surface area contributed by atoms with Gasteiger partial charge >= 0.3 is 6.03 Å². The molecular weight excluding hydrogens is 180 g/mol. The van der Waals surface area contributed by atoms with Crippen LogP contribution in [0.2, 0.25) is 0 Å². The third-order valence-corrected chi connectivity index (χ3v) is 1.31. The van der Waals surface area contributed by atoms with Crippen molar-refractivity contribution in [1.29, 1.82) is 0 Å². The number of hydrogen-bond acceptors (Lipinski definition) is 5. The van der Waals surface area contributed by atoms with Crippen LogP contribution in [0.5, 0.6) is 0 Å². The highest BCUT2D eigenvalue weighted by molar-refractivity contribution is 5.94. The Bertz CT molecular complexity index is 195. The van der Waals surface area contributed by atoms with Gasteiger partial charge in [-0.15, -0.1) is 0 Å². The first kappa shape index (κ1) is 11.8. The number of hydrogen-bond donors (Lipinski definition) is 4. The summed E-state index contributed by atoms with van der Waals surface area (Å²) in [6.07, 6.45) is -1.25. The maximum Gasteiger partial charge on any atom is 0.321 e. The van der Waals surface area contributed by atoms with Crippen LogP contribution in [-0.4, -0.2) is 58.0 Å². The second-order valence-electron chi connectivity index (χ2n) is 2.34. The molecule has 0 aliphatic heterocycles. The number of nitrogens with zero attached hydrogens (tertiary/aromatic N) is 1. The van der Waals surface area contributed by atoms with E-state index in [1.807, 2.05) is 0 Å². The lowest BCUT2D eigenvalue weighted by molar-refractivity contribution is -0.132. The molecule has 3 amide bonds. The minimum Gasteiger partial charge on any atom is -0.394 e. The van der Waals surface area contributed by atoms with Crippen molar-refractivity contribution in [1.82, 2.24) is 4.90 Å². The first-order chi connectivity index (χ1) is 6.02. The van der Waals surface area contributed by atoms with Crippen molar-refractivity contribution in [3.63, 3.8) is 0 Å². The van der Waals surface area contributed by atoms with Gasteiger partial charge in [-0.05, 0) is 0 Å². The topological polar surface area (TPSA) is 124 Å². The van der Waals surface area contributed by atoms with Gasteiger partial charge in [0.15, 0.2) is 0 Å². The van der Waals surface area contributed by atoms with Crippen LogP contribution in [0.25, 0.3) is 0 Å². The van der Waals surface area contributed by atoms with Crippen molar-refractivity contribution >= 4 is 11.9 Å². The molecule has 0 heterocycles. The van der Waals surface area contributed by atoms with Crippen LogP contribution in [0.1, 0.15) is 0 Å². The molecule has 0 saturated heterocycles. The van der Waals surface area contributed by atoms with Crippen molar-refractivity contribution in [2.24, 2.45) is 5.73 Å². The number of imide groups is 1. The molecule has 0 rings (SSSR count). The predicted molar refractivity (Wildman–Crippen MR) is 41.5 cm³/mol. The Hall–Kier alpha value is -1.18. The van der Waals surface area contributed by atoms with E-state index in [0.29, 0.717) is 4.90 Å². The van der Waals surface area contributed by atoms with E-state index in [0.717, 1.165) is 0 Å². The number of aliphatic hydroxyl groups excluding tert-OH is 3. The highest BCUT2D eigenvalue weighted by Gasteiger charge is 2.20. The van der Waals surface area contributed by atoms with Crippen molar-refractivity contribution in [3.8, 4) is 0 Å². The first-order valence-electron chi connectivity index (χ1n) is 3.52. The lowest BCUT2D eigenvalue weighted by atomic mass is 10.3. The van der Waals surface area contributed by atoms with E-state index in [9.17, 15) is 9.59 Å². The summed E-state index contributed by atoms with van der Waals surface area (Å²) in [4.78, 5) is 21.8. The number of aliphatic hydroxyl groups is 3. The number of primary amides is 1. The SMILES string of the molecule is NC(=O)N(CC(O)CO)C(=O)CO. The summed E-state index contributed by atoms with van der Waals surface area (Å²) >= 11 is 0. The fourth-order valence-corrected chi connectivity index (χ4v) is 0.669. The van der Waals surface area contributed by atoms with Gasteiger partial charge < -0.3 is 21.1 Å². The molecule has 0 aliphatic carbocycles. The third-order valence-electron chi connectivity index (χ3n) is 1.31. The summed E-state index contributed by atoms with van der Waals surface area (Å²) in [7, 11) is 0. The van der Waals surface area contributed by atoms with E-state index in [1.165, 1.54) is 0 Å². The maximum absolute atomic E-state index is 10.8. The number of nitrogens with two attached hydrogens (primary N) is 1. The summed E-state index contributed by atoms with van der Waals surface area (Å²) in [6.45, 7) is -1.89. The average molecular weight is 192 g/mol. The molecule has 0 aromatic carbocycles. The fraction of sp³-hybridized carbons (Fsp3) is 0.667. The van der Waals surface area contributed by atoms with Gasteiger partial charge in [0.05, 0.1) is 19.3 Å². The highest BCUT2D eigenvalue weighted by atomic mass is 16.3. The second-order valence-corrected chi connectivity index (χ2v) is 2.34. The normalized spacial score (nSPS) is 12.2. The second kappa shape index (κ2) is 5.46. The summed E-state index contributed by atoms with van der Waals surface area (Å²) in [5.41, 5.74) is 4.78. The summed E-state index contributed by atoms with van der Waals surface area (Å²) in [5.74, 6) is -0.917. The van der Waals surface area contributed by atoms with Gasteiger partial charge in [0, 0.05) is 0 Å². The standard InChI is InChI=1S/C6H12N2O5/c7-6(13)8(5(12)3-10)1-4(11)2-9/h4,9-11H,1-3H2,(H2,7,13).